The molecule has 2 N–H and O–H groups in total. The zero-order chi connectivity index (χ0) is 9.84. The number of rotatable bonds is 3. The zero-order valence-electron chi connectivity index (χ0n) is 8.55. The average Bonchev–Trinajstić information content (AvgIpc) is 2.04. The van der Waals surface area contributed by atoms with Gasteiger partial charge in [0.15, 0.2) is 0 Å². The molecule has 0 aliphatic rings. The third kappa shape index (κ3) is 2.29. The highest BCUT2D eigenvalue weighted by atomic mass is 16.5. The first-order valence-electron chi connectivity index (χ1n) is 4.47. The zero-order valence-corrected chi connectivity index (χ0v) is 8.55. The van der Waals surface area contributed by atoms with Crippen molar-refractivity contribution in [2.24, 2.45) is 5.73 Å². The second-order valence-corrected chi connectivity index (χ2v) is 3.36. The fraction of sp³-hybridized carbons (Fsp3) is 0.455. The molecule has 0 aromatic heterocycles. The lowest BCUT2D eigenvalue weighted by atomic mass is 9.99. The predicted octanol–water partition coefficient (Wildman–Crippen LogP) is 1.91. The first-order chi connectivity index (χ1) is 6.19. The van der Waals surface area contributed by atoms with Crippen LogP contribution in [0.2, 0.25) is 0 Å². The maximum atomic E-state index is 5.68. The van der Waals surface area contributed by atoms with Gasteiger partial charge in [-0.25, -0.2) is 0 Å². The summed E-state index contributed by atoms with van der Waals surface area (Å²) in [5.74, 6) is 0. The van der Waals surface area contributed by atoms with Crippen LogP contribution in [0.4, 0.5) is 0 Å². The highest BCUT2D eigenvalue weighted by Gasteiger charge is 2.04. The number of hydrogen-bond donors (Lipinski definition) is 1. The number of ether oxygens (including phenoxy) is 1. The van der Waals surface area contributed by atoms with E-state index in [0.717, 1.165) is 0 Å². The van der Waals surface area contributed by atoms with Gasteiger partial charge in [-0.1, -0.05) is 17.7 Å². The van der Waals surface area contributed by atoms with E-state index in [2.05, 4.69) is 26.0 Å². The Kier molecular flexibility index (Phi) is 3.46. The molecule has 1 rings (SSSR count). The largest absolute Gasteiger partial charge is 0.380 e. The Morgan fingerprint density at radius 3 is 2.54 bits per heavy atom. The molecule has 2 nitrogen and oxygen atoms in total. The van der Waals surface area contributed by atoms with Crippen LogP contribution in [0, 0.1) is 13.8 Å². The Morgan fingerprint density at radius 1 is 1.31 bits per heavy atom. The normalized spacial score (nSPS) is 10.5. The van der Waals surface area contributed by atoms with Crippen LogP contribution >= 0.6 is 0 Å². The van der Waals surface area contributed by atoms with E-state index < -0.39 is 0 Å². The molecule has 0 saturated carbocycles. The van der Waals surface area contributed by atoms with Gasteiger partial charge in [0.2, 0.25) is 0 Å². The van der Waals surface area contributed by atoms with Crippen LogP contribution in [0.5, 0.6) is 0 Å². The number of benzene rings is 1. The van der Waals surface area contributed by atoms with Gasteiger partial charge in [-0.05, 0) is 30.5 Å². The van der Waals surface area contributed by atoms with Gasteiger partial charge in [-0.3, -0.25) is 0 Å². The van der Waals surface area contributed by atoms with E-state index in [1.165, 1.54) is 22.3 Å². The standard InChI is InChI=1S/C11H17NO/c1-8-4-9(2)11(6-12)10(5-8)7-13-3/h4-5H,6-7,12H2,1-3H3. The summed E-state index contributed by atoms with van der Waals surface area (Å²) in [6.45, 7) is 5.42. The van der Waals surface area contributed by atoms with Gasteiger partial charge in [0.1, 0.15) is 0 Å². The maximum absolute atomic E-state index is 5.68. The number of aryl methyl sites for hydroxylation is 2. The molecule has 0 bridgehead atoms. The summed E-state index contributed by atoms with van der Waals surface area (Å²) in [5, 5.41) is 0. The molecule has 0 amide bonds. The second-order valence-electron chi connectivity index (χ2n) is 3.36. The molecule has 0 saturated heterocycles. The van der Waals surface area contributed by atoms with Crippen molar-refractivity contribution in [3.8, 4) is 0 Å². The molecule has 72 valence electrons. The minimum Gasteiger partial charge on any atom is -0.380 e. The van der Waals surface area contributed by atoms with Crippen LogP contribution in [0.1, 0.15) is 22.3 Å². The summed E-state index contributed by atoms with van der Waals surface area (Å²) in [4.78, 5) is 0. The van der Waals surface area contributed by atoms with Gasteiger partial charge >= 0.3 is 0 Å². The molecule has 0 atom stereocenters. The second kappa shape index (κ2) is 4.40. The first-order valence-corrected chi connectivity index (χ1v) is 4.47. The minimum atomic E-state index is 0.588. The van der Waals surface area contributed by atoms with Crippen molar-refractivity contribution in [1.82, 2.24) is 0 Å². The van der Waals surface area contributed by atoms with Gasteiger partial charge in [0.25, 0.3) is 0 Å². The quantitative estimate of drug-likeness (QED) is 0.769. The van der Waals surface area contributed by atoms with Crippen molar-refractivity contribution >= 4 is 0 Å². The minimum absolute atomic E-state index is 0.588. The SMILES string of the molecule is COCc1cc(C)cc(C)c1CN. The number of hydrogen-bond acceptors (Lipinski definition) is 2. The topological polar surface area (TPSA) is 35.2 Å². The third-order valence-electron chi connectivity index (χ3n) is 2.21. The summed E-state index contributed by atoms with van der Waals surface area (Å²) < 4.78 is 5.12. The third-order valence-corrected chi connectivity index (χ3v) is 2.21. The number of nitrogens with two attached hydrogens (primary N) is 1. The van der Waals surface area contributed by atoms with Gasteiger partial charge in [-0.2, -0.15) is 0 Å². The molecule has 0 aliphatic heterocycles. The van der Waals surface area contributed by atoms with Crippen LogP contribution in [-0.2, 0) is 17.9 Å². The maximum Gasteiger partial charge on any atom is 0.0716 e. The van der Waals surface area contributed by atoms with E-state index in [1.54, 1.807) is 7.11 Å². The Balaban J connectivity index is 3.13. The van der Waals surface area contributed by atoms with Crippen LogP contribution in [0.15, 0.2) is 12.1 Å². The summed E-state index contributed by atoms with van der Waals surface area (Å²) >= 11 is 0. The lowest BCUT2D eigenvalue weighted by Gasteiger charge is -2.11. The van der Waals surface area contributed by atoms with Crippen molar-refractivity contribution in [3.63, 3.8) is 0 Å². The van der Waals surface area contributed by atoms with Gasteiger partial charge < -0.3 is 10.5 Å². The van der Waals surface area contributed by atoms with Crippen molar-refractivity contribution in [3.05, 3.63) is 34.4 Å². The molecule has 0 fully saturated rings. The van der Waals surface area contributed by atoms with Gasteiger partial charge in [0.05, 0.1) is 6.61 Å². The summed E-state index contributed by atoms with van der Waals surface area (Å²) in [6.07, 6.45) is 0. The monoisotopic (exact) mass is 179 g/mol. The van der Waals surface area contributed by atoms with E-state index in [1.807, 2.05) is 0 Å². The van der Waals surface area contributed by atoms with Gasteiger partial charge in [0, 0.05) is 13.7 Å². The summed E-state index contributed by atoms with van der Waals surface area (Å²) in [6, 6.07) is 4.29. The molecule has 1 aromatic carbocycles. The fourth-order valence-corrected chi connectivity index (χ4v) is 1.66. The van der Waals surface area contributed by atoms with Crippen LogP contribution in [0.25, 0.3) is 0 Å². The molecule has 0 unspecified atom stereocenters. The molecule has 2 heteroatoms. The van der Waals surface area contributed by atoms with E-state index in [4.69, 9.17) is 10.5 Å². The molecule has 0 spiro atoms. The smallest absolute Gasteiger partial charge is 0.0716 e. The molecule has 0 heterocycles. The van der Waals surface area contributed by atoms with Crippen LogP contribution in [0.3, 0.4) is 0 Å². The summed E-state index contributed by atoms with van der Waals surface area (Å²) in [7, 11) is 1.71. The van der Waals surface area contributed by atoms with Crippen LogP contribution in [-0.4, -0.2) is 7.11 Å². The Labute approximate surface area is 79.7 Å². The van der Waals surface area contributed by atoms with E-state index >= 15 is 0 Å². The fourth-order valence-electron chi connectivity index (χ4n) is 1.66. The van der Waals surface area contributed by atoms with Crippen molar-refractivity contribution in [2.75, 3.05) is 7.11 Å². The van der Waals surface area contributed by atoms with Crippen LogP contribution < -0.4 is 5.73 Å². The highest BCUT2D eigenvalue weighted by molar-refractivity contribution is 5.37. The number of methoxy groups -OCH3 is 1. The summed E-state index contributed by atoms with van der Waals surface area (Å²) in [5.41, 5.74) is 10.6. The Morgan fingerprint density at radius 2 is 2.00 bits per heavy atom. The first kappa shape index (κ1) is 10.2. The average molecular weight is 179 g/mol. The van der Waals surface area contributed by atoms with Gasteiger partial charge in [-0.15, -0.1) is 0 Å². The molecule has 0 aliphatic carbocycles. The van der Waals surface area contributed by atoms with E-state index in [0.29, 0.717) is 13.2 Å². The molecule has 1 aromatic rings. The van der Waals surface area contributed by atoms with Crippen molar-refractivity contribution in [2.45, 2.75) is 27.0 Å². The van der Waals surface area contributed by atoms with E-state index in [9.17, 15) is 0 Å². The molecular formula is C11H17NO. The highest BCUT2D eigenvalue weighted by Crippen LogP contribution is 2.17. The molecule has 13 heavy (non-hydrogen) atoms. The Hall–Kier alpha value is -0.860. The lowest BCUT2D eigenvalue weighted by molar-refractivity contribution is 0.184. The van der Waals surface area contributed by atoms with Crippen molar-refractivity contribution in [1.29, 1.82) is 0 Å². The van der Waals surface area contributed by atoms with E-state index in [-0.39, 0.29) is 0 Å². The van der Waals surface area contributed by atoms with Crippen molar-refractivity contribution < 1.29 is 4.74 Å². The Bertz CT molecular complexity index is 294. The lowest BCUT2D eigenvalue weighted by Crippen LogP contribution is -2.05. The molecular weight excluding hydrogens is 162 g/mol. The predicted molar refractivity (Wildman–Crippen MR) is 54.5 cm³/mol. The molecule has 0 radical (unpaired) electrons.